The zero-order chi connectivity index (χ0) is 15.3. The number of nitrogens with one attached hydrogen (secondary N) is 1. The summed E-state index contributed by atoms with van der Waals surface area (Å²) in [4.78, 5) is 23.1. The highest BCUT2D eigenvalue weighted by Crippen LogP contribution is 2.17. The van der Waals surface area contributed by atoms with Crippen LogP contribution in [-0.2, 0) is 16.0 Å². The standard InChI is InChI=1S/C15H21BrN2O2/c1-9(2)14(15(17)20)18-13(19)7-5-11-4-6-12(16)10(3)8-11/h4,6,8-9,14H,5,7H2,1-3H3,(H2,17,20)(H,18,19)/t14-/m1/s1. The van der Waals surface area contributed by atoms with E-state index in [0.29, 0.717) is 12.8 Å². The second kappa shape index (κ2) is 7.43. The Morgan fingerprint density at radius 1 is 1.35 bits per heavy atom. The Morgan fingerprint density at radius 3 is 2.50 bits per heavy atom. The number of primary amides is 1. The Labute approximate surface area is 128 Å². The molecule has 0 aliphatic rings. The van der Waals surface area contributed by atoms with E-state index in [-0.39, 0.29) is 11.8 Å². The van der Waals surface area contributed by atoms with E-state index in [2.05, 4.69) is 21.2 Å². The molecule has 1 aromatic rings. The number of rotatable bonds is 6. The van der Waals surface area contributed by atoms with Crippen molar-refractivity contribution in [2.24, 2.45) is 11.7 Å². The van der Waals surface area contributed by atoms with Gasteiger partial charge in [0.15, 0.2) is 0 Å². The van der Waals surface area contributed by atoms with Crippen LogP contribution in [0.2, 0.25) is 0 Å². The van der Waals surface area contributed by atoms with Gasteiger partial charge in [0.25, 0.3) is 0 Å². The summed E-state index contributed by atoms with van der Waals surface area (Å²) in [5.74, 6) is -0.651. The molecule has 0 saturated heterocycles. The molecule has 1 rings (SSSR count). The van der Waals surface area contributed by atoms with Gasteiger partial charge in [-0.3, -0.25) is 9.59 Å². The summed E-state index contributed by atoms with van der Waals surface area (Å²) in [6.07, 6.45) is 0.987. The SMILES string of the molecule is Cc1cc(CCC(=O)N[C@@H](C(N)=O)C(C)C)ccc1Br. The number of hydrogen-bond donors (Lipinski definition) is 2. The van der Waals surface area contributed by atoms with Crippen LogP contribution in [0.1, 0.15) is 31.4 Å². The molecular formula is C15H21BrN2O2. The maximum absolute atomic E-state index is 11.9. The summed E-state index contributed by atoms with van der Waals surface area (Å²) in [6, 6.07) is 5.40. The lowest BCUT2D eigenvalue weighted by molar-refractivity contribution is -0.128. The summed E-state index contributed by atoms with van der Waals surface area (Å²) in [7, 11) is 0. The highest BCUT2D eigenvalue weighted by molar-refractivity contribution is 9.10. The van der Waals surface area contributed by atoms with Gasteiger partial charge in [0.05, 0.1) is 0 Å². The molecule has 1 atom stereocenters. The van der Waals surface area contributed by atoms with Crippen LogP contribution in [0.25, 0.3) is 0 Å². The van der Waals surface area contributed by atoms with E-state index in [4.69, 9.17) is 5.73 Å². The number of benzene rings is 1. The molecule has 2 amide bonds. The minimum atomic E-state index is -0.603. The van der Waals surface area contributed by atoms with E-state index in [9.17, 15) is 9.59 Å². The van der Waals surface area contributed by atoms with Gasteiger partial charge < -0.3 is 11.1 Å². The molecule has 5 heteroatoms. The number of amides is 2. The predicted molar refractivity (Wildman–Crippen MR) is 83.2 cm³/mol. The lowest BCUT2D eigenvalue weighted by Gasteiger charge is -2.18. The van der Waals surface area contributed by atoms with Crippen LogP contribution in [0, 0.1) is 12.8 Å². The predicted octanol–water partition coefficient (Wildman–Crippen LogP) is 2.32. The van der Waals surface area contributed by atoms with Crippen LogP contribution in [-0.4, -0.2) is 17.9 Å². The van der Waals surface area contributed by atoms with E-state index < -0.39 is 11.9 Å². The number of aryl methyl sites for hydroxylation is 2. The molecule has 20 heavy (non-hydrogen) atoms. The van der Waals surface area contributed by atoms with E-state index >= 15 is 0 Å². The Balaban J connectivity index is 2.54. The van der Waals surface area contributed by atoms with Gasteiger partial charge in [-0.15, -0.1) is 0 Å². The molecule has 1 aromatic carbocycles. The van der Waals surface area contributed by atoms with Gasteiger partial charge in [-0.05, 0) is 36.5 Å². The van der Waals surface area contributed by atoms with Crippen LogP contribution >= 0.6 is 15.9 Å². The molecule has 0 heterocycles. The van der Waals surface area contributed by atoms with Gasteiger partial charge >= 0.3 is 0 Å². The van der Waals surface area contributed by atoms with Crippen molar-refractivity contribution in [2.45, 2.75) is 39.7 Å². The van der Waals surface area contributed by atoms with Gasteiger partial charge in [0.1, 0.15) is 6.04 Å². The third-order valence-corrected chi connectivity index (χ3v) is 4.04. The first-order chi connectivity index (χ1) is 9.31. The third kappa shape index (κ3) is 4.96. The zero-order valence-electron chi connectivity index (χ0n) is 12.1. The first-order valence-corrected chi connectivity index (χ1v) is 7.44. The summed E-state index contributed by atoms with van der Waals surface area (Å²) < 4.78 is 1.05. The Kier molecular flexibility index (Phi) is 6.20. The molecule has 110 valence electrons. The first-order valence-electron chi connectivity index (χ1n) is 6.65. The van der Waals surface area contributed by atoms with Crippen LogP contribution < -0.4 is 11.1 Å². The van der Waals surface area contributed by atoms with Crippen molar-refractivity contribution in [3.63, 3.8) is 0 Å². The first kappa shape index (κ1) is 16.7. The van der Waals surface area contributed by atoms with Crippen molar-refractivity contribution in [3.8, 4) is 0 Å². The second-order valence-corrected chi connectivity index (χ2v) is 6.13. The van der Waals surface area contributed by atoms with Crippen LogP contribution in [0.5, 0.6) is 0 Å². The summed E-state index contributed by atoms with van der Waals surface area (Å²) in [6.45, 7) is 5.72. The molecule has 4 nitrogen and oxygen atoms in total. The van der Waals surface area contributed by atoms with Crippen molar-refractivity contribution in [2.75, 3.05) is 0 Å². The van der Waals surface area contributed by atoms with Gasteiger partial charge in [0, 0.05) is 10.9 Å². The van der Waals surface area contributed by atoms with E-state index in [0.717, 1.165) is 15.6 Å². The van der Waals surface area contributed by atoms with E-state index in [1.54, 1.807) is 0 Å². The van der Waals surface area contributed by atoms with E-state index in [1.807, 2.05) is 39.0 Å². The van der Waals surface area contributed by atoms with Gasteiger partial charge in [-0.1, -0.05) is 41.9 Å². The van der Waals surface area contributed by atoms with E-state index in [1.165, 1.54) is 0 Å². The molecule has 0 aliphatic carbocycles. The van der Waals surface area contributed by atoms with Crippen molar-refractivity contribution in [1.82, 2.24) is 5.32 Å². The normalized spacial score (nSPS) is 12.2. The fourth-order valence-electron chi connectivity index (χ4n) is 1.93. The maximum atomic E-state index is 11.9. The Morgan fingerprint density at radius 2 is 2.00 bits per heavy atom. The molecular weight excluding hydrogens is 320 g/mol. The molecule has 3 N–H and O–H groups in total. The highest BCUT2D eigenvalue weighted by Gasteiger charge is 2.21. The second-order valence-electron chi connectivity index (χ2n) is 5.28. The number of carbonyl (C=O) groups excluding carboxylic acids is 2. The molecule has 0 radical (unpaired) electrons. The lowest BCUT2D eigenvalue weighted by atomic mass is 10.0. The molecule has 0 bridgehead atoms. The largest absolute Gasteiger partial charge is 0.368 e. The van der Waals surface area contributed by atoms with Crippen LogP contribution in [0.4, 0.5) is 0 Å². The third-order valence-electron chi connectivity index (χ3n) is 3.15. The van der Waals surface area contributed by atoms with Crippen molar-refractivity contribution >= 4 is 27.7 Å². The quantitative estimate of drug-likeness (QED) is 0.833. The van der Waals surface area contributed by atoms with Crippen molar-refractivity contribution in [1.29, 1.82) is 0 Å². The van der Waals surface area contributed by atoms with Crippen LogP contribution in [0.15, 0.2) is 22.7 Å². The lowest BCUT2D eigenvalue weighted by Crippen LogP contribution is -2.47. The topological polar surface area (TPSA) is 72.2 Å². The van der Waals surface area contributed by atoms with Crippen molar-refractivity contribution in [3.05, 3.63) is 33.8 Å². The molecule has 0 spiro atoms. The smallest absolute Gasteiger partial charge is 0.240 e. The molecule has 0 aliphatic heterocycles. The average molecular weight is 341 g/mol. The summed E-state index contributed by atoms with van der Waals surface area (Å²) in [5, 5.41) is 2.69. The van der Waals surface area contributed by atoms with Crippen LogP contribution in [0.3, 0.4) is 0 Å². The maximum Gasteiger partial charge on any atom is 0.240 e. The number of halogens is 1. The molecule has 0 fully saturated rings. The Bertz CT molecular complexity index is 501. The highest BCUT2D eigenvalue weighted by atomic mass is 79.9. The van der Waals surface area contributed by atoms with Gasteiger partial charge in [-0.2, -0.15) is 0 Å². The molecule has 0 aromatic heterocycles. The fourth-order valence-corrected chi connectivity index (χ4v) is 2.18. The number of carbonyl (C=O) groups is 2. The Hall–Kier alpha value is -1.36. The minimum Gasteiger partial charge on any atom is -0.368 e. The average Bonchev–Trinajstić information content (AvgIpc) is 2.36. The monoisotopic (exact) mass is 340 g/mol. The number of nitrogens with two attached hydrogens (primary N) is 1. The minimum absolute atomic E-state index is 0.00799. The van der Waals surface area contributed by atoms with Gasteiger partial charge in [0.2, 0.25) is 11.8 Å². The molecule has 0 unspecified atom stereocenters. The summed E-state index contributed by atoms with van der Waals surface area (Å²) in [5.41, 5.74) is 7.51. The number of hydrogen-bond acceptors (Lipinski definition) is 2. The van der Waals surface area contributed by atoms with Crippen molar-refractivity contribution < 1.29 is 9.59 Å². The summed E-state index contributed by atoms with van der Waals surface area (Å²) >= 11 is 3.44. The zero-order valence-corrected chi connectivity index (χ0v) is 13.7. The molecule has 0 saturated carbocycles. The van der Waals surface area contributed by atoms with Gasteiger partial charge in [-0.25, -0.2) is 0 Å². The fraction of sp³-hybridized carbons (Fsp3) is 0.467.